The van der Waals surface area contributed by atoms with Gasteiger partial charge in [0, 0.05) is 5.56 Å². The Balaban J connectivity index is 1.95. The molecule has 0 radical (unpaired) electrons. The number of hydrogen-bond donors (Lipinski definition) is 1. The van der Waals surface area contributed by atoms with Gasteiger partial charge >= 0.3 is 5.95 Å². The Kier molecular flexibility index (Phi) is 3.70. The lowest BCUT2D eigenvalue weighted by molar-refractivity contribution is 0.336. The minimum absolute atomic E-state index is 0.267. The third-order valence-electron chi connectivity index (χ3n) is 3.10. The van der Waals surface area contributed by atoms with E-state index in [-0.39, 0.29) is 17.5 Å². The van der Waals surface area contributed by atoms with Gasteiger partial charge in [-0.2, -0.15) is 0 Å². The lowest BCUT2D eigenvalue weighted by atomic mass is 10.2. The van der Waals surface area contributed by atoms with E-state index in [9.17, 15) is 9.50 Å². The molecular formula is C17H13FN2O2. The molecular weight excluding hydrogens is 283 g/mol. The second kappa shape index (κ2) is 5.81. The standard InChI is InChI=1S/C17H13FN2O2/c1-11(19-14-9-7-13(18)8-10-14)15-17(21)22-16(20-15)12-5-3-2-4-6-12/h2-10,21H,1H3. The molecule has 4 nitrogen and oxygen atoms in total. The SMILES string of the molecule is CC(=Nc1ccc(F)cc1)c1nc(-c2ccccc2)oc1O. The summed E-state index contributed by atoms with van der Waals surface area (Å²) in [5, 5.41) is 9.92. The maximum absolute atomic E-state index is 12.9. The first kappa shape index (κ1) is 14.0. The fourth-order valence-electron chi connectivity index (χ4n) is 2.01. The van der Waals surface area contributed by atoms with Crippen molar-refractivity contribution in [3.8, 4) is 17.4 Å². The van der Waals surface area contributed by atoms with Gasteiger partial charge in [0.25, 0.3) is 0 Å². The van der Waals surface area contributed by atoms with E-state index >= 15 is 0 Å². The van der Waals surface area contributed by atoms with Gasteiger partial charge in [0.2, 0.25) is 5.89 Å². The Morgan fingerprint density at radius 2 is 1.77 bits per heavy atom. The van der Waals surface area contributed by atoms with Crippen molar-refractivity contribution in [1.82, 2.24) is 4.98 Å². The van der Waals surface area contributed by atoms with Gasteiger partial charge in [-0.15, -0.1) is 0 Å². The predicted octanol–water partition coefficient (Wildman–Crippen LogP) is 4.33. The van der Waals surface area contributed by atoms with Crippen LogP contribution in [-0.2, 0) is 0 Å². The third-order valence-corrected chi connectivity index (χ3v) is 3.10. The summed E-state index contributed by atoms with van der Waals surface area (Å²) in [6.45, 7) is 1.70. The molecule has 0 saturated heterocycles. The first-order chi connectivity index (χ1) is 10.6. The van der Waals surface area contributed by atoms with Crippen LogP contribution in [0.25, 0.3) is 11.5 Å². The van der Waals surface area contributed by atoms with Crippen LogP contribution in [0.4, 0.5) is 10.1 Å². The van der Waals surface area contributed by atoms with Crippen LogP contribution in [0, 0.1) is 5.82 Å². The molecule has 110 valence electrons. The van der Waals surface area contributed by atoms with Crippen LogP contribution in [0.1, 0.15) is 12.6 Å². The summed E-state index contributed by atoms with van der Waals surface area (Å²) < 4.78 is 18.2. The predicted molar refractivity (Wildman–Crippen MR) is 81.9 cm³/mol. The molecule has 0 unspecified atom stereocenters. The van der Waals surface area contributed by atoms with E-state index < -0.39 is 0 Å². The number of aromatic nitrogens is 1. The van der Waals surface area contributed by atoms with Crippen LogP contribution in [-0.4, -0.2) is 15.8 Å². The Hall–Kier alpha value is -2.95. The van der Waals surface area contributed by atoms with Crippen molar-refractivity contribution in [1.29, 1.82) is 0 Å². The smallest absolute Gasteiger partial charge is 0.312 e. The summed E-state index contributed by atoms with van der Waals surface area (Å²) in [5.41, 5.74) is 2.08. The van der Waals surface area contributed by atoms with E-state index in [4.69, 9.17) is 4.42 Å². The molecule has 0 aliphatic heterocycles. The highest BCUT2D eigenvalue weighted by Crippen LogP contribution is 2.27. The number of aliphatic imine (C=N–C) groups is 1. The normalized spacial score (nSPS) is 11.6. The molecule has 5 heteroatoms. The van der Waals surface area contributed by atoms with Crippen molar-refractivity contribution in [3.05, 3.63) is 66.1 Å². The molecule has 1 aromatic heterocycles. The topological polar surface area (TPSA) is 58.6 Å². The summed E-state index contributed by atoms with van der Waals surface area (Å²) in [7, 11) is 0. The Morgan fingerprint density at radius 3 is 2.45 bits per heavy atom. The highest BCUT2D eigenvalue weighted by Gasteiger charge is 2.16. The maximum atomic E-state index is 12.9. The number of aromatic hydroxyl groups is 1. The minimum Gasteiger partial charge on any atom is -0.479 e. The summed E-state index contributed by atoms with van der Waals surface area (Å²) in [6.07, 6.45) is 0. The zero-order valence-electron chi connectivity index (χ0n) is 11.8. The second-order valence-corrected chi connectivity index (χ2v) is 4.71. The van der Waals surface area contributed by atoms with Crippen LogP contribution < -0.4 is 0 Å². The van der Waals surface area contributed by atoms with Gasteiger partial charge in [0.05, 0.1) is 11.4 Å². The average Bonchev–Trinajstić information content (AvgIpc) is 2.92. The number of halogens is 1. The average molecular weight is 296 g/mol. The van der Waals surface area contributed by atoms with Crippen LogP contribution in [0.2, 0.25) is 0 Å². The molecule has 0 saturated carbocycles. The minimum atomic E-state index is -0.327. The molecule has 3 aromatic rings. The molecule has 3 rings (SSSR count). The van der Waals surface area contributed by atoms with Crippen LogP contribution in [0.3, 0.4) is 0 Å². The van der Waals surface area contributed by atoms with Gasteiger partial charge in [-0.05, 0) is 43.3 Å². The van der Waals surface area contributed by atoms with Gasteiger partial charge in [0.15, 0.2) is 5.69 Å². The van der Waals surface area contributed by atoms with E-state index in [0.717, 1.165) is 5.56 Å². The lowest BCUT2D eigenvalue weighted by Gasteiger charge is -1.97. The lowest BCUT2D eigenvalue weighted by Crippen LogP contribution is -1.95. The second-order valence-electron chi connectivity index (χ2n) is 4.71. The number of nitrogens with zero attached hydrogens (tertiary/aromatic N) is 2. The van der Waals surface area contributed by atoms with E-state index in [1.165, 1.54) is 12.1 Å². The molecule has 22 heavy (non-hydrogen) atoms. The molecule has 0 bridgehead atoms. The summed E-state index contributed by atoms with van der Waals surface area (Å²) in [4.78, 5) is 8.58. The van der Waals surface area contributed by atoms with Crippen molar-refractivity contribution in [2.75, 3.05) is 0 Å². The van der Waals surface area contributed by atoms with E-state index in [1.807, 2.05) is 30.3 Å². The molecule has 0 fully saturated rings. The molecule has 1 heterocycles. The molecule has 0 amide bonds. The molecule has 2 aromatic carbocycles. The van der Waals surface area contributed by atoms with Gasteiger partial charge < -0.3 is 9.52 Å². The molecule has 0 atom stereocenters. The molecule has 0 aliphatic carbocycles. The summed E-state index contributed by atoms with van der Waals surface area (Å²) >= 11 is 0. The van der Waals surface area contributed by atoms with Gasteiger partial charge in [0.1, 0.15) is 5.82 Å². The fraction of sp³-hybridized carbons (Fsp3) is 0.0588. The van der Waals surface area contributed by atoms with Crippen molar-refractivity contribution >= 4 is 11.4 Å². The summed E-state index contributed by atoms with van der Waals surface area (Å²) in [6, 6.07) is 15.0. The Labute approximate surface area is 126 Å². The van der Waals surface area contributed by atoms with Gasteiger partial charge in [-0.25, -0.2) is 9.37 Å². The van der Waals surface area contributed by atoms with Crippen molar-refractivity contribution in [3.63, 3.8) is 0 Å². The number of oxazole rings is 1. The number of rotatable bonds is 3. The van der Waals surface area contributed by atoms with Crippen LogP contribution in [0.5, 0.6) is 5.95 Å². The first-order valence-electron chi connectivity index (χ1n) is 6.70. The Bertz CT molecular complexity index is 808. The zero-order valence-corrected chi connectivity index (χ0v) is 11.8. The monoisotopic (exact) mass is 296 g/mol. The van der Waals surface area contributed by atoms with Crippen LogP contribution in [0.15, 0.2) is 64.0 Å². The molecule has 1 N–H and O–H groups in total. The largest absolute Gasteiger partial charge is 0.479 e. The molecule has 0 aliphatic rings. The van der Waals surface area contributed by atoms with Crippen molar-refractivity contribution in [2.45, 2.75) is 6.92 Å². The zero-order chi connectivity index (χ0) is 15.5. The Morgan fingerprint density at radius 1 is 1.09 bits per heavy atom. The highest BCUT2D eigenvalue weighted by molar-refractivity contribution is 6.00. The fourth-order valence-corrected chi connectivity index (χ4v) is 2.01. The van der Waals surface area contributed by atoms with E-state index in [1.54, 1.807) is 19.1 Å². The van der Waals surface area contributed by atoms with Crippen molar-refractivity contribution in [2.24, 2.45) is 4.99 Å². The summed E-state index contributed by atoms with van der Waals surface area (Å²) in [5.74, 6) is -0.295. The third kappa shape index (κ3) is 2.88. The molecule has 0 spiro atoms. The first-order valence-corrected chi connectivity index (χ1v) is 6.70. The van der Waals surface area contributed by atoms with E-state index in [2.05, 4.69) is 9.98 Å². The number of benzene rings is 2. The van der Waals surface area contributed by atoms with Gasteiger partial charge in [-0.3, -0.25) is 4.99 Å². The number of hydrogen-bond acceptors (Lipinski definition) is 4. The van der Waals surface area contributed by atoms with E-state index in [0.29, 0.717) is 17.3 Å². The quantitative estimate of drug-likeness (QED) is 0.732. The van der Waals surface area contributed by atoms with Crippen LogP contribution >= 0.6 is 0 Å². The van der Waals surface area contributed by atoms with Gasteiger partial charge in [-0.1, -0.05) is 18.2 Å². The maximum Gasteiger partial charge on any atom is 0.312 e. The highest BCUT2D eigenvalue weighted by atomic mass is 19.1. The van der Waals surface area contributed by atoms with Crippen molar-refractivity contribution < 1.29 is 13.9 Å².